The summed E-state index contributed by atoms with van der Waals surface area (Å²) in [5.41, 5.74) is 2.72. The van der Waals surface area contributed by atoms with E-state index in [2.05, 4.69) is 69.2 Å². The number of likely N-dealkylation sites (N-methyl/N-ethyl adjacent to an activating group) is 1. The summed E-state index contributed by atoms with van der Waals surface area (Å²) in [5, 5.41) is 3.55. The molecule has 0 aliphatic carbocycles. The summed E-state index contributed by atoms with van der Waals surface area (Å²) in [6.07, 6.45) is 1.26. The highest BCUT2D eigenvalue weighted by Crippen LogP contribution is 2.08. The van der Waals surface area contributed by atoms with Gasteiger partial charge < -0.3 is 5.32 Å². The van der Waals surface area contributed by atoms with Crippen LogP contribution in [-0.2, 0) is 6.54 Å². The van der Waals surface area contributed by atoms with Crippen LogP contribution < -0.4 is 5.32 Å². The molecule has 0 amide bonds. The Bertz CT molecular complexity index is 343. The molecule has 108 valence electrons. The third kappa shape index (κ3) is 6.74. The third-order valence-corrected chi connectivity index (χ3v) is 3.64. The van der Waals surface area contributed by atoms with Gasteiger partial charge in [0.1, 0.15) is 0 Å². The fourth-order valence-electron chi connectivity index (χ4n) is 1.99. The Morgan fingerprint density at radius 2 is 1.74 bits per heavy atom. The van der Waals surface area contributed by atoms with Crippen molar-refractivity contribution >= 4 is 0 Å². The zero-order chi connectivity index (χ0) is 14.3. The van der Waals surface area contributed by atoms with Gasteiger partial charge in [0.25, 0.3) is 0 Å². The van der Waals surface area contributed by atoms with Crippen molar-refractivity contribution in [2.45, 2.75) is 46.7 Å². The lowest BCUT2D eigenvalue weighted by Gasteiger charge is -2.25. The molecule has 19 heavy (non-hydrogen) atoms. The second kappa shape index (κ2) is 8.34. The Kier molecular flexibility index (Phi) is 7.11. The van der Waals surface area contributed by atoms with Gasteiger partial charge in [0.15, 0.2) is 0 Å². The number of hydrogen-bond acceptors (Lipinski definition) is 2. The summed E-state index contributed by atoms with van der Waals surface area (Å²) in [6.45, 7) is 12.2. The Balaban J connectivity index is 2.28. The number of hydrogen-bond donors (Lipinski definition) is 1. The molecule has 0 fully saturated rings. The monoisotopic (exact) mass is 262 g/mol. The molecular formula is C17H30N2. The van der Waals surface area contributed by atoms with Crippen LogP contribution in [0.2, 0.25) is 0 Å². The predicted octanol–water partition coefficient (Wildman–Crippen LogP) is 3.45. The molecule has 2 heteroatoms. The van der Waals surface area contributed by atoms with Gasteiger partial charge in [-0.15, -0.1) is 0 Å². The van der Waals surface area contributed by atoms with Crippen molar-refractivity contribution in [2.75, 3.05) is 20.1 Å². The minimum atomic E-state index is 0.563. The maximum atomic E-state index is 3.55. The van der Waals surface area contributed by atoms with Crippen LogP contribution in [-0.4, -0.2) is 31.1 Å². The van der Waals surface area contributed by atoms with Gasteiger partial charge in [-0.25, -0.2) is 0 Å². The van der Waals surface area contributed by atoms with Crippen molar-refractivity contribution < 1.29 is 0 Å². The highest BCUT2D eigenvalue weighted by Gasteiger charge is 2.09. The van der Waals surface area contributed by atoms with E-state index < -0.39 is 0 Å². The molecule has 1 unspecified atom stereocenters. The molecule has 1 atom stereocenters. The van der Waals surface area contributed by atoms with Crippen molar-refractivity contribution in [2.24, 2.45) is 5.92 Å². The van der Waals surface area contributed by atoms with Gasteiger partial charge in [0.05, 0.1) is 0 Å². The molecule has 0 aliphatic rings. The van der Waals surface area contributed by atoms with Crippen molar-refractivity contribution in [1.82, 2.24) is 10.2 Å². The summed E-state index contributed by atoms with van der Waals surface area (Å²) in [6, 6.07) is 9.40. The molecule has 0 saturated carbocycles. The van der Waals surface area contributed by atoms with Crippen molar-refractivity contribution in [3.05, 3.63) is 35.4 Å². The fourth-order valence-corrected chi connectivity index (χ4v) is 1.99. The lowest BCUT2D eigenvalue weighted by molar-refractivity contribution is 0.242. The standard InChI is InChI=1S/C17H30N2/c1-14(2)10-11-18-12-16(4)19(5)13-17-8-6-15(3)7-9-17/h6-9,14,16,18H,10-13H2,1-5H3. The van der Waals surface area contributed by atoms with E-state index in [9.17, 15) is 0 Å². The van der Waals surface area contributed by atoms with Crippen LogP contribution in [0.5, 0.6) is 0 Å². The van der Waals surface area contributed by atoms with Crippen LogP contribution in [0.1, 0.15) is 38.3 Å². The van der Waals surface area contributed by atoms with Crippen LogP contribution in [0.25, 0.3) is 0 Å². The van der Waals surface area contributed by atoms with Crippen LogP contribution in [0, 0.1) is 12.8 Å². The molecular weight excluding hydrogens is 232 g/mol. The van der Waals surface area contributed by atoms with E-state index in [-0.39, 0.29) is 0 Å². The normalized spacial score (nSPS) is 13.2. The van der Waals surface area contributed by atoms with Gasteiger partial charge in [-0.1, -0.05) is 43.7 Å². The largest absolute Gasteiger partial charge is 0.315 e. The summed E-state index contributed by atoms with van der Waals surface area (Å²) in [5.74, 6) is 0.785. The zero-order valence-electron chi connectivity index (χ0n) is 13.2. The first-order chi connectivity index (χ1) is 8.99. The average molecular weight is 262 g/mol. The van der Waals surface area contributed by atoms with Gasteiger partial charge in [-0.3, -0.25) is 4.90 Å². The van der Waals surface area contributed by atoms with Crippen LogP contribution in [0.15, 0.2) is 24.3 Å². The second-order valence-corrected chi connectivity index (χ2v) is 6.14. The molecule has 1 aromatic rings. The van der Waals surface area contributed by atoms with Gasteiger partial charge in [-0.2, -0.15) is 0 Å². The third-order valence-electron chi connectivity index (χ3n) is 3.64. The quantitative estimate of drug-likeness (QED) is 0.722. The van der Waals surface area contributed by atoms with Crippen molar-refractivity contribution in [3.8, 4) is 0 Å². The summed E-state index contributed by atoms with van der Waals surface area (Å²) in [7, 11) is 2.20. The lowest BCUT2D eigenvalue weighted by atomic mass is 10.1. The lowest BCUT2D eigenvalue weighted by Crippen LogP contribution is -2.38. The van der Waals surface area contributed by atoms with Crippen LogP contribution in [0.4, 0.5) is 0 Å². The number of nitrogens with one attached hydrogen (secondary N) is 1. The molecule has 1 aromatic carbocycles. The van der Waals surface area contributed by atoms with E-state index >= 15 is 0 Å². The van der Waals surface area contributed by atoms with Gasteiger partial charge in [0.2, 0.25) is 0 Å². The average Bonchev–Trinajstić information content (AvgIpc) is 2.36. The summed E-state index contributed by atoms with van der Waals surface area (Å²) < 4.78 is 0. The SMILES string of the molecule is Cc1ccc(CN(C)C(C)CNCCC(C)C)cc1. The van der Waals surface area contributed by atoms with Crippen LogP contribution >= 0.6 is 0 Å². The smallest absolute Gasteiger partial charge is 0.0234 e. The molecule has 0 heterocycles. The van der Waals surface area contributed by atoms with Crippen molar-refractivity contribution in [3.63, 3.8) is 0 Å². The van der Waals surface area contributed by atoms with E-state index in [1.165, 1.54) is 17.5 Å². The zero-order valence-corrected chi connectivity index (χ0v) is 13.2. The number of rotatable bonds is 8. The Morgan fingerprint density at radius 1 is 1.11 bits per heavy atom. The summed E-state index contributed by atoms with van der Waals surface area (Å²) >= 11 is 0. The second-order valence-electron chi connectivity index (χ2n) is 6.14. The Morgan fingerprint density at radius 3 is 2.32 bits per heavy atom. The minimum Gasteiger partial charge on any atom is -0.315 e. The van der Waals surface area contributed by atoms with Gasteiger partial charge in [0, 0.05) is 19.1 Å². The number of aryl methyl sites for hydroxylation is 1. The summed E-state index contributed by atoms with van der Waals surface area (Å²) in [4.78, 5) is 2.41. The minimum absolute atomic E-state index is 0.563. The fraction of sp³-hybridized carbons (Fsp3) is 0.647. The van der Waals surface area contributed by atoms with E-state index in [1.807, 2.05) is 0 Å². The van der Waals surface area contributed by atoms with Gasteiger partial charge in [-0.05, 0) is 45.3 Å². The van der Waals surface area contributed by atoms with E-state index in [1.54, 1.807) is 0 Å². The molecule has 0 saturated heterocycles. The number of nitrogens with zero attached hydrogens (tertiary/aromatic N) is 1. The van der Waals surface area contributed by atoms with Crippen molar-refractivity contribution in [1.29, 1.82) is 0 Å². The topological polar surface area (TPSA) is 15.3 Å². The highest BCUT2D eigenvalue weighted by atomic mass is 15.1. The molecule has 1 N–H and O–H groups in total. The maximum absolute atomic E-state index is 3.55. The molecule has 0 aliphatic heterocycles. The molecule has 0 radical (unpaired) electrons. The predicted molar refractivity (Wildman–Crippen MR) is 84.4 cm³/mol. The van der Waals surface area contributed by atoms with E-state index in [0.29, 0.717) is 6.04 Å². The van der Waals surface area contributed by atoms with E-state index in [0.717, 1.165) is 25.6 Å². The van der Waals surface area contributed by atoms with E-state index in [4.69, 9.17) is 0 Å². The first-order valence-corrected chi connectivity index (χ1v) is 7.45. The maximum Gasteiger partial charge on any atom is 0.0234 e. The van der Waals surface area contributed by atoms with Gasteiger partial charge >= 0.3 is 0 Å². The Labute approximate surface area is 119 Å². The molecule has 0 aromatic heterocycles. The first kappa shape index (κ1) is 16.2. The first-order valence-electron chi connectivity index (χ1n) is 7.45. The molecule has 2 nitrogen and oxygen atoms in total. The molecule has 0 bridgehead atoms. The Hall–Kier alpha value is -0.860. The highest BCUT2D eigenvalue weighted by molar-refractivity contribution is 5.21. The van der Waals surface area contributed by atoms with Crippen LogP contribution in [0.3, 0.4) is 0 Å². The molecule has 0 spiro atoms. The molecule has 1 rings (SSSR count). The number of benzene rings is 1.